The fraction of sp³-hybridized carbons (Fsp3) is 0.211. The van der Waals surface area contributed by atoms with Crippen LogP contribution < -0.4 is 0 Å². The first-order valence-electron chi connectivity index (χ1n) is 7.31. The minimum absolute atomic E-state index is 0.00974. The first kappa shape index (κ1) is 16.6. The van der Waals surface area contributed by atoms with Gasteiger partial charge in [-0.3, -0.25) is 14.4 Å². The van der Waals surface area contributed by atoms with Crippen LogP contribution in [0.15, 0.2) is 48.5 Å². The first-order valence-corrected chi connectivity index (χ1v) is 7.31. The summed E-state index contributed by atoms with van der Waals surface area (Å²) in [6.07, 6.45) is 0.143. The Morgan fingerprint density at radius 2 is 1.48 bits per heavy atom. The predicted molar refractivity (Wildman–Crippen MR) is 86.4 cm³/mol. The van der Waals surface area contributed by atoms with Gasteiger partial charge in [-0.05, 0) is 31.0 Å². The van der Waals surface area contributed by atoms with Crippen LogP contribution in [-0.4, -0.2) is 17.5 Å². The molecule has 0 aliphatic heterocycles. The molecule has 2 rings (SSSR count). The molecule has 0 saturated carbocycles. The number of ketones is 2. The smallest absolute Gasteiger partial charge is 0.310 e. The maximum absolute atomic E-state index is 11.9. The van der Waals surface area contributed by atoms with Gasteiger partial charge in [-0.25, -0.2) is 0 Å². The van der Waals surface area contributed by atoms with E-state index >= 15 is 0 Å². The van der Waals surface area contributed by atoms with E-state index in [1.54, 1.807) is 48.5 Å². The number of carbonyl (C=O) groups is 3. The topological polar surface area (TPSA) is 60.4 Å². The van der Waals surface area contributed by atoms with Crippen molar-refractivity contribution in [3.8, 4) is 0 Å². The Morgan fingerprint density at radius 3 is 2.09 bits per heavy atom. The van der Waals surface area contributed by atoms with Gasteiger partial charge in [0.1, 0.15) is 6.61 Å². The molecule has 2 aromatic carbocycles. The van der Waals surface area contributed by atoms with Crippen LogP contribution in [-0.2, 0) is 22.6 Å². The molecule has 0 aliphatic carbocycles. The fourth-order valence-corrected chi connectivity index (χ4v) is 2.12. The molecule has 4 heteroatoms. The van der Waals surface area contributed by atoms with E-state index in [4.69, 9.17) is 4.74 Å². The van der Waals surface area contributed by atoms with Crippen molar-refractivity contribution >= 4 is 17.5 Å². The van der Waals surface area contributed by atoms with Gasteiger partial charge in [-0.15, -0.1) is 0 Å². The van der Waals surface area contributed by atoms with Gasteiger partial charge in [-0.1, -0.05) is 42.5 Å². The number of esters is 1. The van der Waals surface area contributed by atoms with Crippen LogP contribution in [0, 0.1) is 0 Å². The Kier molecular flexibility index (Phi) is 5.41. The van der Waals surface area contributed by atoms with E-state index in [1.165, 1.54) is 13.8 Å². The van der Waals surface area contributed by atoms with Gasteiger partial charge in [0, 0.05) is 11.1 Å². The first-order chi connectivity index (χ1) is 11.0. The lowest BCUT2D eigenvalue weighted by Gasteiger charge is -2.06. The number of hydrogen-bond donors (Lipinski definition) is 0. The highest BCUT2D eigenvalue weighted by Crippen LogP contribution is 2.10. The summed E-state index contributed by atoms with van der Waals surface area (Å²) in [5.41, 5.74) is 2.77. The van der Waals surface area contributed by atoms with Crippen LogP contribution in [0.4, 0.5) is 0 Å². The molecule has 4 nitrogen and oxygen atoms in total. The molecule has 0 spiro atoms. The number of hydrogen-bond acceptors (Lipinski definition) is 4. The van der Waals surface area contributed by atoms with E-state index in [-0.39, 0.29) is 30.6 Å². The van der Waals surface area contributed by atoms with Crippen molar-refractivity contribution < 1.29 is 19.1 Å². The molecule has 23 heavy (non-hydrogen) atoms. The Bertz CT molecular complexity index is 729. The van der Waals surface area contributed by atoms with Crippen molar-refractivity contribution in [1.82, 2.24) is 0 Å². The Labute approximate surface area is 135 Å². The normalized spacial score (nSPS) is 10.2. The summed E-state index contributed by atoms with van der Waals surface area (Å²) in [7, 11) is 0. The molecule has 0 bridgehead atoms. The van der Waals surface area contributed by atoms with Gasteiger partial charge in [0.2, 0.25) is 0 Å². The van der Waals surface area contributed by atoms with Crippen LogP contribution in [0.2, 0.25) is 0 Å². The maximum atomic E-state index is 11.9. The second-order valence-corrected chi connectivity index (χ2v) is 5.35. The van der Waals surface area contributed by atoms with Crippen LogP contribution in [0.3, 0.4) is 0 Å². The second-order valence-electron chi connectivity index (χ2n) is 5.35. The molecule has 0 N–H and O–H groups in total. The van der Waals surface area contributed by atoms with Gasteiger partial charge in [0.15, 0.2) is 11.6 Å². The van der Waals surface area contributed by atoms with Crippen molar-refractivity contribution in [2.75, 3.05) is 0 Å². The minimum Gasteiger partial charge on any atom is -0.461 e. The van der Waals surface area contributed by atoms with Crippen molar-refractivity contribution in [2.24, 2.45) is 0 Å². The highest BCUT2D eigenvalue weighted by Gasteiger charge is 2.07. The molecule has 0 amide bonds. The predicted octanol–water partition coefficient (Wildman–Crippen LogP) is 3.38. The maximum Gasteiger partial charge on any atom is 0.310 e. The third-order valence-corrected chi connectivity index (χ3v) is 3.44. The number of ether oxygens (including phenoxy) is 1. The summed E-state index contributed by atoms with van der Waals surface area (Å²) in [5, 5.41) is 0. The van der Waals surface area contributed by atoms with E-state index < -0.39 is 0 Å². The van der Waals surface area contributed by atoms with E-state index in [2.05, 4.69) is 0 Å². The van der Waals surface area contributed by atoms with Crippen molar-refractivity contribution in [2.45, 2.75) is 26.9 Å². The standard InChI is InChI=1S/C19H18O4/c1-13(20)17-8-6-15(7-9-17)11-19(22)23-12-16-4-3-5-18(10-16)14(2)21/h3-10H,11-12H2,1-2H3. The number of Topliss-reactive ketones (excluding diaryl/α,β-unsaturated/α-hetero) is 2. The molecule has 0 aliphatic rings. The van der Waals surface area contributed by atoms with Crippen LogP contribution in [0.5, 0.6) is 0 Å². The van der Waals surface area contributed by atoms with Crippen LogP contribution in [0.25, 0.3) is 0 Å². The summed E-state index contributed by atoms with van der Waals surface area (Å²) >= 11 is 0. The zero-order chi connectivity index (χ0) is 16.8. The number of carbonyl (C=O) groups excluding carboxylic acids is 3. The van der Waals surface area contributed by atoms with Gasteiger partial charge in [0.25, 0.3) is 0 Å². The highest BCUT2D eigenvalue weighted by molar-refractivity contribution is 5.94. The SMILES string of the molecule is CC(=O)c1ccc(CC(=O)OCc2cccc(C(C)=O)c2)cc1. The Balaban J connectivity index is 1.91. The largest absolute Gasteiger partial charge is 0.461 e. The van der Waals surface area contributed by atoms with Gasteiger partial charge < -0.3 is 4.74 Å². The van der Waals surface area contributed by atoms with Gasteiger partial charge in [0.05, 0.1) is 6.42 Å². The van der Waals surface area contributed by atoms with E-state index in [0.29, 0.717) is 11.1 Å². The quantitative estimate of drug-likeness (QED) is 0.606. The molecule has 118 valence electrons. The molecule has 0 unspecified atom stereocenters. The Morgan fingerprint density at radius 1 is 0.826 bits per heavy atom. The molecule has 0 aromatic heterocycles. The summed E-state index contributed by atoms with van der Waals surface area (Å²) in [6.45, 7) is 3.12. The lowest BCUT2D eigenvalue weighted by atomic mass is 10.1. The van der Waals surface area contributed by atoms with Gasteiger partial charge in [-0.2, -0.15) is 0 Å². The molecule has 0 fully saturated rings. The Hall–Kier alpha value is -2.75. The summed E-state index contributed by atoms with van der Waals surface area (Å²) in [6, 6.07) is 13.9. The van der Waals surface area contributed by atoms with E-state index in [0.717, 1.165) is 11.1 Å². The average Bonchev–Trinajstić information content (AvgIpc) is 2.53. The minimum atomic E-state index is -0.353. The molecular formula is C19H18O4. The lowest BCUT2D eigenvalue weighted by molar-refractivity contribution is -0.144. The van der Waals surface area contributed by atoms with Crippen LogP contribution in [0.1, 0.15) is 45.7 Å². The molecular weight excluding hydrogens is 292 g/mol. The monoisotopic (exact) mass is 310 g/mol. The third-order valence-electron chi connectivity index (χ3n) is 3.44. The van der Waals surface area contributed by atoms with Gasteiger partial charge >= 0.3 is 5.97 Å². The second kappa shape index (κ2) is 7.49. The summed E-state index contributed by atoms with van der Waals surface area (Å²) < 4.78 is 5.23. The average molecular weight is 310 g/mol. The molecule has 0 radical (unpaired) electrons. The summed E-state index contributed by atoms with van der Waals surface area (Å²) in [5.74, 6) is -0.387. The molecule has 0 atom stereocenters. The van der Waals surface area contributed by atoms with Crippen molar-refractivity contribution in [1.29, 1.82) is 0 Å². The van der Waals surface area contributed by atoms with Crippen LogP contribution >= 0.6 is 0 Å². The number of benzene rings is 2. The summed E-state index contributed by atoms with van der Waals surface area (Å²) in [4.78, 5) is 34.4. The number of rotatable bonds is 6. The zero-order valence-electron chi connectivity index (χ0n) is 13.2. The van der Waals surface area contributed by atoms with E-state index in [9.17, 15) is 14.4 Å². The molecule has 0 saturated heterocycles. The highest BCUT2D eigenvalue weighted by atomic mass is 16.5. The molecule has 2 aromatic rings. The zero-order valence-corrected chi connectivity index (χ0v) is 13.2. The molecule has 0 heterocycles. The van der Waals surface area contributed by atoms with E-state index in [1.807, 2.05) is 0 Å². The van der Waals surface area contributed by atoms with Crippen molar-refractivity contribution in [3.05, 3.63) is 70.8 Å². The third kappa shape index (κ3) is 4.88. The lowest BCUT2D eigenvalue weighted by Crippen LogP contribution is -2.08. The fourth-order valence-electron chi connectivity index (χ4n) is 2.12. The van der Waals surface area contributed by atoms with Crippen molar-refractivity contribution in [3.63, 3.8) is 0 Å².